The van der Waals surface area contributed by atoms with Gasteiger partial charge in [0.15, 0.2) is 0 Å². The Kier molecular flexibility index (Phi) is 8.83. The van der Waals surface area contributed by atoms with Crippen LogP contribution < -0.4 is 5.32 Å². The molecule has 2 atom stereocenters. The van der Waals surface area contributed by atoms with Gasteiger partial charge in [0.05, 0.1) is 5.69 Å². The van der Waals surface area contributed by atoms with E-state index in [1.165, 1.54) is 16.7 Å². The van der Waals surface area contributed by atoms with Crippen molar-refractivity contribution < 1.29 is 19.5 Å². The molecule has 1 aromatic carbocycles. The highest BCUT2D eigenvalue weighted by Crippen LogP contribution is 2.46. The van der Waals surface area contributed by atoms with Gasteiger partial charge in [-0.25, -0.2) is 4.79 Å². The van der Waals surface area contributed by atoms with Crippen LogP contribution in [0.2, 0.25) is 5.02 Å². The number of likely N-dealkylation sites (tertiary alicyclic amines) is 2. The number of aryl methyl sites for hydroxylation is 2. The smallest absolute Gasteiger partial charge is 0.405 e. The van der Waals surface area contributed by atoms with Gasteiger partial charge >= 0.3 is 6.09 Å². The van der Waals surface area contributed by atoms with Gasteiger partial charge in [0, 0.05) is 58.7 Å². The molecule has 3 amide bonds. The van der Waals surface area contributed by atoms with Gasteiger partial charge < -0.3 is 20.2 Å². The first-order valence-corrected chi connectivity index (χ1v) is 15.3. The van der Waals surface area contributed by atoms with Crippen LogP contribution in [0.4, 0.5) is 4.79 Å². The van der Waals surface area contributed by atoms with E-state index in [0.29, 0.717) is 38.5 Å². The van der Waals surface area contributed by atoms with E-state index in [1.54, 1.807) is 4.90 Å². The Balaban J connectivity index is 1.25. The molecule has 11 heteroatoms. The maximum atomic E-state index is 13.2. The topological polar surface area (TPSA) is 103 Å². The number of hydrogen-bond acceptors (Lipinski definition) is 4. The lowest BCUT2D eigenvalue weighted by Gasteiger charge is -2.37. The molecule has 208 valence electrons. The molecule has 2 saturated heterocycles. The number of carboxylic acid groups (broad SMARTS) is 1. The van der Waals surface area contributed by atoms with Crippen molar-refractivity contribution in [3.63, 3.8) is 0 Å². The van der Waals surface area contributed by atoms with Crippen LogP contribution in [0.25, 0.3) is 0 Å². The Bertz CT molecular complexity index is 1280. The van der Waals surface area contributed by atoms with E-state index in [2.05, 4.69) is 49.3 Å². The van der Waals surface area contributed by atoms with E-state index in [1.807, 2.05) is 17.2 Å². The zero-order valence-electron chi connectivity index (χ0n) is 21.5. The highest BCUT2D eigenvalue weighted by Gasteiger charge is 2.37. The number of pyridine rings is 1. The van der Waals surface area contributed by atoms with Gasteiger partial charge in [-0.3, -0.25) is 14.6 Å². The van der Waals surface area contributed by atoms with Crippen molar-refractivity contribution >= 4 is 61.4 Å². The second kappa shape index (κ2) is 12.1. The fourth-order valence-electron chi connectivity index (χ4n) is 6.38. The Hall–Kier alpha value is -2.17. The summed E-state index contributed by atoms with van der Waals surface area (Å²) in [5, 5.41) is 11.6. The lowest BCUT2D eigenvalue weighted by molar-refractivity contribution is -0.134. The zero-order chi connectivity index (χ0) is 27.7. The number of carbonyl (C=O) groups excluding carboxylic acids is 2. The van der Waals surface area contributed by atoms with E-state index in [9.17, 15) is 14.4 Å². The van der Waals surface area contributed by atoms with E-state index in [0.717, 1.165) is 51.8 Å². The molecule has 2 aromatic rings. The van der Waals surface area contributed by atoms with Crippen LogP contribution in [0.15, 0.2) is 33.3 Å². The predicted octanol–water partition coefficient (Wildman–Crippen LogP) is 5.24. The molecule has 0 bridgehead atoms. The van der Waals surface area contributed by atoms with E-state index in [4.69, 9.17) is 21.7 Å². The molecule has 8 nitrogen and oxygen atoms in total. The third kappa shape index (κ3) is 6.43. The monoisotopic (exact) mass is 680 g/mol. The van der Waals surface area contributed by atoms with Crippen molar-refractivity contribution in [1.29, 1.82) is 0 Å². The maximum absolute atomic E-state index is 13.2. The molecule has 0 radical (unpaired) electrons. The van der Waals surface area contributed by atoms with Gasteiger partial charge in [-0.2, -0.15) is 0 Å². The largest absolute Gasteiger partial charge is 0.465 e. The first kappa shape index (κ1) is 28.4. The number of hydrogen-bond donors (Lipinski definition) is 2. The normalized spacial score (nSPS) is 21.2. The summed E-state index contributed by atoms with van der Waals surface area (Å²) < 4.78 is 2.00. The zero-order valence-corrected chi connectivity index (χ0v) is 25.4. The first-order chi connectivity index (χ1) is 18.7. The lowest BCUT2D eigenvalue weighted by Crippen LogP contribution is -2.41. The van der Waals surface area contributed by atoms with Gasteiger partial charge in [0.2, 0.25) is 11.8 Å². The molecule has 39 heavy (non-hydrogen) atoms. The Morgan fingerprint density at radius 1 is 1.00 bits per heavy atom. The third-order valence-corrected chi connectivity index (χ3v) is 9.58. The van der Waals surface area contributed by atoms with E-state index < -0.39 is 6.09 Å². The van der Waals surface area contributed by atoms with Crippen LogP contribution in [-0.4, -0.2) is 70.5 Å². The molecular formula is C28H31Br2ClN4O4. The highest BCUT2D eigenvalue weighted by molar-refractivity contribution is 9.10. The molecule has 2 fully saturated rings. The summed E-state index contributed by atoms with van der Waals surface area (Å²) in [6, 6.07) is 6.24. The number of nitrogens with one attached hydrogen (secondary N) is 1. The second-order valence-electron chi connectivity index (χ2n) is 10.7. The van der Waals surface area contributed by atoms with Crippen molar-refractivity contribution in [2.75, 3.05) is 32.7 Å². The third-order valence-electron chi connectivity index (χ3n) is 8.27. The molecule has 3 aliphatic rings. The van der Waals surface area contributed by atoms with Crippen molar-refractivity contribution in [2.24, 2.45) is 11.8 Å². The molecule has 0 spiro atoms. The SMILES string of the molecule is O=C(O)NCC(=O)N1CCC(CC(=O)N2CCC([C@H]3c4ncc(Br)cc4CCc4cc(Cl)cc(Br)c43)CC2)C1. The van der Waals surface area contributed by atoms with E-state index in [-0.39, 0.29) is 30.2 Å². The minimum absolute atomic E-state index is 0.105. The summed E-state index contributed by atoms with van der Waals surface area (Å²) in [7, 11) is 0. The number of aromatic nitrogens is 1. The molecule has 0 saturated carbocycles. The lowest BCUT2D eigenvalue weighted by atomic mass is 9.76. The van der Waals surface area contributed by atoms with Gasteiger partial charge in [-0.1, -0.05) is 27.5 Å². The van der Waals surface area contributed by atoms with Gasteiger partial charge in [0.1, 0.15) is 6.54 Å². The van der Waals surface area contributed by atoms with Gasteiger partial charge in [-0.15, -0.1) is 0 Å². The molecule has 5 rings (SSSR count). The number of fused-ring (bicyclic) bond motifs is 2. The van der Waals surface area contributed by atoms with Crippen molar-refractivity contribution in [1.82, 2.24) is 20.1 Å². The van der Waals surface area contributed by atoms with E-state index >= 15 is 0 Å². The molecule has 1 aromatic heterocycles. The summed E-state index contributed by atoms with van der Waals surface area (Å²) in [5.41, 5.74) is 4.90. The highest BCUT2D eigenvalue weighted by atomic mass is 79.9. The Morgan fingerprint density at radius 2 is 1.72 bits per heavy atom. The van der Waals surface area contributed by atoms with Crippen molar-refractivity contribution in [3.05, 3.63) is 60.7 Å². The summed E-state index contributed by atoms with van der Waals surface area (Å²) in [6.45, 7) is 2.22. The first-order valence-electron chi connectivity index (χ1n) is 13.3. The fraction of sp³-hybridized carbons (Fsp3) is 0.500. The summed E-state index contributed by atoms with van der Waals surface area (Å²) in [5.74, 6) is 0.465. The predicted molar refractivity (Wildman–Crippen MR) is 155 cm³/mol. The minimum atomic E-state index is -1.21. The van der Waals surface area contributed by atoms with Crippen LogP contribution in [0.1, 0.15) is 54.0 Å². The number of rotatable bonds is 5. The molecule has 2 N–H and O–H groups in total. The van der Waals surface area contributed by atoms with Crippen LogP contribution in [0.5, 0.6) is 0 Å². The summed E-state index contributed by atoms with van der Waals surface area (Å²) in [4.78, 5) is 44.6. The molecule has 1 unspecified atom stereocenters. The quantitative estimate of drug-likeness (QED) is 0.450. The number of halogens is 3. The summed E-state index contributed by atoms with van der Waals surface area (Å²) >= 11 is 13.8. The fourth-order valence-corrected chi connectivity index (χ4v) is 7.88. The Labute approximate surface area is 249 Å². The average Bonchev–Trinajstić information content (AvgIpc) is 3.30. The van der Waals surface area contributed by atoms with Crippen LogP contribution in [0, 0.1) is 11.8 Å². The van der Waals surface area contributed by atoms with Crippen LogP contribution in [0.3, 0.4) is 0 Å². The average molecular weight is 683 g/mol. The minimum Gasteiger partial charge on any atom is -0.465 e. The number of carbonyl (C=O) groups is 3. The van der Waals surface area contributed by atoms with Crippen LogP contribution >= 0.6 is 43.5 Å². The van der Waals surface area contributed by atoms with Gasteiger partial charge in [-0.05, 0) is 94.8 Å². The van der Waals surface area contributed by atoms with Crippen molar-refractivity contribution in [2.45, 2.75) is 44.4 Å². The number of nitrogens with zero attached hydrogens (tertiary/aromatic N) is 3. The molecular weight excluding hydrogens is 652 g/mol. The molecule has 3 heterocycles. The standard InChI is InChI=1S/C28H31Br2ClN4O4/c29-20-10-19-2-1-18-11-21(31)12-22(30)25(18)26(27(19)32-13-20)17-4-7-34(8-5-17)23(36)9-16-3-6-35(15-16)24(37)14-33-28(38)39/h10-13,16-17,26,33H,1-9,14-15H2,(H,38,39)/t16?,26-/m1/s1. The summed E-state index contributed by atoms with van der Waals surface area (Å²) in [6.07, 6.45) is 5.42. The number of benzene rings is 1. The Morgan fingerprint density at radius 3 is 2.46 bits per heavy atom. The van der Waals surface area contributed by atoms with Crippen LogP contribution in [-0.2, 0) is 22.4 Å². The van der Waals surface area contributed by atoms with Gasteiger partial charge in [0.25, 0.3) is 0 Å². The second-order valence-corrected chi connectivity index (χ2v) is 12.9. The molecule has 1 aliphatic carbocycles. The number of amides is 3. The molecule has 2 aliphatic heterocycles. The number of piperidine rings is 1. The van der Waals surface area contributed by atoms with Crippen molar-refractivity contribution in [3.8, 4) is 0 Å². The maximum Gasteiger partial charge on any atom is 0.405 e.